The maximum Gasteiger partial charge on any atom is 0.191 e. The van der Waals surface area contributed by atoms with Gasteiger partial charge in [0, 0.05) is 38.8 Å². The van der Waals surface area contributed by atoms with Gasteiger partial charge in [-0.25, -0.2) is 0 Å². The molecule has 1 unspecified atom stereocenters. The molecule has 6 heteroatoms. The topological polar surface area (TPSA) is 58.1 Å². The molecule has 0 spiro atoms. The van der Waals surface area contributed by atoms with Gasteiger partial charge in [0.2, 0.25) is 0 Å². The number of nitrogens with zero attached hydrogens (tertiary/aromatic N) is 2. The van der Waals surface area contributed by atoms with Gasteiger partial charge in [-0.15, -0.1) is 0 Å². The first-order valence-electron chi connectivity index (χ1n) is 10.8. The molecule has 0 amide bonds. The quantitative estimate of drug-likeness (QED) is 0.386. The van der Waals surface area contributed by atoms with Crippen molar-refractivity contribution < 1.29 is 9.47 Å². The fourth-order valence-electron chi connectivity index (χ4n) is 3.80. The van der Waals surface area contributed by atoms with Crippen LogP contribution in [0, 0.1) is 0 Å². The first kappa shape index (κ1) is 21.1. The minimum absolute atomic E-state index is 0.288. The fourth-order valence-corrected chi connectivity index (χ4v) is 3.80. The van der Waals surface area contributed by atoms with Crippen LogP contribution in [0.3, 0.4) is 0 Å². The molecule has 0 radical (unpaired) electrons. The van der Waals surface area contributed by atoms with Crippen LogP contribution in [0.2, 0.25) is 0 Å². The summed E-state index contributed by atoms with van der Waals surface area (Å²) in [6, 6.07) is 11.2. The molecule has 0 aromatic heterocycles. The molecule has 2 aliphatic heterocycles. The summed E-state index contributed by atoms with van der Waals surface area (Å²) in [7, 11) is 0. The van der Waals surface area contributed by atoms with Gasteiger partial charge in [-0.05, 0) is 38.2 Å². The van der Waals surface area contributed by atoms with E-state index in [2.05, 4.69) is 57.8 Å². The van der Waals surface area contributed by atoms with E-state index in [1.807, 2.05) is 0 Å². The summed E-state index contributed by atoms with van der Waals surface area (Å²) in [6.45, 7) is 9.16. The first-order chi connectivity index (χ1) is 13.8. The lowest BCUT2D eigenvalue weighted by molar-refractivity contribution is 0.0200. The van der Waals surface area contributed by atoms with Crippen molar-refractivity contribution in [3.05, 3.63) is 35.9 Å². The third kappa shape index (κ3) is 7.41. The number of guanidine groups is 1. The monoisotopic (exact) mass is 388 g/mol. The number of hydrogen-bond acceptors (Lipinski definition) is 4. The van der Waals surface area contributed by atoms with Crippen LogP contribution < -0.4 is 10.6 Å². The van der Waals surface area contributed by atoms with E-state index in [-0.39, 0.29) is 6.10 Å². The SMILES string of the molecule is CCNC(=NCCOCC1CCCO1)NC1CCN(Cc2ccccc2)CC1. The molecule has 1 atom stereocenters. The number of benzene rings is 1. The molecule has 156 valence electrons. The molecule has 28 heavy (non-hydrogen) atoms. The number of aliphatic imine (C=N–C) groups is 1. The van der Waals surface area contributed by atoms with Crippen molar-refractivity contribution in [2.75, 3.05) is 46.0 Å². The van der Waals surface area contributed by atoms with Crippen LogP contribution in [0.5, 0.6) is 0 Å². The van der Waals surface area contributed by atoms with Gasteiger partial charge >= 0.3 is 0 Å². The molecule has 0 aliphatic carbocycles. The van der Waals surface area contributed by atoms with Gasteiger partial charge in [0.15, 0.2) is 5.96 Å². The van der Waals surface area contributed by atoms with Crippen LogP contribution in [0.15, 0.2) is 35.3 Å². The van der Waals surface area contributed by atoms with E-state index in [9.17, 15) is 0 Å². The summed E-state index contributed by atoms with van der Waals surface area (Å²) in [5.74, 6) is 0.907. The number of piperidine rings is 1. The second-order valence-electron chi connectivity index (χ2n) is 7.65. The van der Waals surface area contributed by atoms with Crippen LogP contribution in [0.1, 0.15) is 38.2 Å². The van der Waals surface area contributed by atoms with Crippen molar-refractivity contribution >= 4 is 5.96 Å². The molecule has 1 aromatic rings. The maximum absolute atomic E-state index is 5.71. The highest BCUT2D eigenvalue weighted by atomic mass is 16.5. The van der Waals surface area contributed by atoms with Gasteiger partial charge in [-0.1, -0.05) is 30.3 Å². The van der Waals surface area contributed by atoms with E-state index in [1.54, 1.807) is 0 Å². The Bertz CT molecular complexity index is 567. The molecule has 1 aromatic carbocycles. The smallest absolute Gasteiger partial charge is 0.191 e. The molecule has 2 fully saturated rings. The third-order valence-electron chi connectivity index (χ3n) is 5.35. The van der Waals surface area contributed by atoms with Crippen molar-refractivity contribution in [3.63, 3.8) is 0 Å². The number of ether oxygens (including phenoxy) is 2. The Morgan fingerprint density at radius 2 is 2.04 bits per heavy atom. The molecule has 0 saturated carbocycles. The summed E-state index contributed by atoms with van der Waals surface area (Å²) in [5.41, 5.74) is 1.40. The molecule has 3 rings (SSSR count). The van der Waals surface area contributed by atoms with E-state index >= 15 is 0 Å². The molecule has 6 nitrogen and oxygen atoms in total. The highest BCUT2D eigenvalue weighted by Gasteiger charge is 2.20. The summed E-state index contributed by atoms with van der Waals surface area (Å²) in [6.07, 6.45) is 4.86. The average molecular weight is 389 g/mol. The zero-order valence-electron chi connectivity index (χ0n) is 17.2. The zero-order chi connectivity index (χ0) is 19.4. The first-order valence-corrected chi connectivity index (χ1v) is 10.8. The number of nitrogens with one attached hydrogen (secondary N) is 2. The van der Waals surface area contributed by atoms with E-state index in [0.717, 1.165) is 64.4 Å². The predicted molar refractivity (Wildman–Crippen MR) is 114 cm³/mol. The second kappa shape index (κ2) is 12.0. The minimum Gasteiger partial charge on any atom is -0.377 e. The molecule has 0 bridgehead atoms. The Morgan fingerprint density at radius 1 is 1.21 bits per heavy atom. The molecule has 2 N–H and O–H groups in total. The number of hydrogen-bond donors (Lipinski definition) is 2. The lowest BCUT2D eigenvalue weighted by Gasteiger charge is -2.33. The lowest BCUT2D eigenvalue weighted by atomic mass is 10.0. The Kier molecular flexibility index (Phi) is 9.07. The average Bonchev–Trinajstić information content (AvgIpc) is 3.24. The standard InChI is InChI=1S/C22H36N4O2/c1-2-23-22(24-12-16-27-18-21-9-6-15-28-21)25-20-10-13-26(14-11-20)17-19-7-4-3-5-8-19/h3-5,7-8,20-21H,2,6,9-18H2,1H3,(H2,23,24,25). The van der Waals surface area contributed by atoms with Gasteiger partial charge in [-0.2, -0.15) is 0 Å². The molecule has 2 aliphatic rings. The van der Waals surface area contributed by atoms with E-state index in [4.69, 9.17) is 9.47 Å². The van der Waals surface area contributed by atoms with E-state index in [1.165, 1.54) is 5.56 Å². The van der Waals surface area contributed by atoms with Gasteiger partial charge in [-0.3, -0.25) is 9.89 Å². The molecule has 2 saturated heterocycles. The van der Waals surface area contributed by atoms with Gasteiger partial charge < -0.3 is 20.1 Å². The number of likely N-dealkylation sites (tertiary alicyclic amines) is 1. The Hall–Kier alpha value is -1.63. The molecule has 2 heterocycles. The van der Waals surface area contributed by atoms with Crippen LogP contribution >= 0.6 is 0 Å². The second-order valence-corrected chi connectivity index (χ2v) is 7.65. The Labute approximate surface area is 169 Å². The van der Waals surface area contributed by atoms with Crippen molar-refractivity contribution in [2.24, 2.45) is 4.99 Å². The van der Waals surface area contributed by atoms with Crippen LogP contribution in [-0.2, 0) is 16.0 Å². The highest BCUT2D eigenvalue weighted by molar-refractivity contribution is 5.80. The molecular formula is C22H36N4O2. The summed E-state index contributed by atoms with van der Waals surface area (Å²) in [5, 5.41) is 6.96. The predicted octanol–water partition coefficient (Wildman–Crippen LogP) is 2.40. The lowest BCUT2D eigenvalue weighted by Crippen LogP contribution is -2.48. The molecular weight excluding hydrogens is 352 g/mol. The Balaban J connectivity index is 1.34. The summed E-state index contributed by atoms with van der Waals surface area (Å²) >= 11 is 0. The summed E-state index contributed by atoms with van der Waals surface area (Å²) < 4.78 is 11.3. The highest BCUT2D eigenvalue weighted by Crippen LogP contribution is 2.14. The number of rotatable bonds is 9. The van der Waals surface area contributed by atoms with Crippen molar-refractivity contribution in [3.8, 4) is 0 Å². The maximum atomic E-state index is 5.71. The Morgan fingerprint density at radius 3 is 2.75 bits per heavy atom. The van der Waals surface area contributed by atoms with E-state index in [0.29, 0.717) is 25.8 Å². The van der Waals surface area contributed by atoms with E-state index < -0.39 is 0 Å². The van der Waals surface area contributed by atoms with Crippen molar-refractivity contribution in [1.29, 1.82) is 0 Å². The van der Waals surface area contributed by atoms with Gasteiger partial charge in [0.25, 0.3) is 0 Å². The van der Waals surface area contributed by atoms with Crippen LogP contribution in [0.4, 0.5) is 0 Å². The third-order valence-corrected chi connectivity index (χ3v) is 5.35. The van der Waals surface area contributed by atoms with Crippen molar-refractivity contribution in [2.45, 2.75) is 51.3 Å². The summed E-state index contributed by atoms with van der Waals surface area (Å²) in [4.78, 5) is 7.21. The largest absolute Gasteiger partial charge is 0.377 e. The minimum atomic E-state index is 0.288. The van der Waals surface area contributed by atoms with Crippen LogP contribution in [-0.4, -0.2) is 69.0 Å². The normalized spacial score (nSPS) is 21.8. The van der Waals surface area contributed by atoms with Gasteiger partial charge in [0.1, 0.15) is 0 Å². The van der Waals surface area contributed by atoms with Crippen molar-refractivity contribution in [1.82, 2.24) is 15.5 Å². The zero-order valence-corrected chi connectivity index (χ0v) is 17.2. The fraction of sp³-hybridized carbons (Fsp3) is 0.682. The van der Waals surface area contributed by atoms with Gasteiger partial charge in [0.05, 0.1) is 25.9 Å². The van der Waals surface area contributed by atoms with Crippen LogP contribution in [0.25, 0.3) is 0 Å².